The molecule has 1 saturated heterocycles. The van der Waals surface area contributed by atoms with Gasteiger partial charge in [-0.2, -0.15) is 4.31 Å². The van der Waals surface area contributed by atoms with Crippen LogP contribution in [0.3, 0.4) is 0 Å². The van der Waals surface area contributed by atoms with Crippen LogP contribution in [0.4, 0.5) is 10.5 Å². The average molecular weight is 608 g/mol. The Morgan fingerprint density at radius 1 is 1.12 bits per heavy atom. The Kier molecular flexibility index (Phi) is 7.72. The second kappa shape index (κ2) is 11.1. The van der Waals surface area contributed by atoms with Crippen molar-refractivity contribution in [3.63, 3.8) is 0 Å². The number of anilines is 1. The molecule has 1 amide bonds. The number of hydrogen-bond acceptors (Lipinski definition) is 7. The van der Waals surface area contributed by atoms with Gasteiger partial charge in [0.2, 0.25) is 15.8 Å². The molecule has 12 heteroatoms. The van der Waals surface area contributed by atoms with Crippen LogP contribution in [0, 0.1) is 18.8 Å². The molecular formula is C30H26ClN3O7S. The van der Waals surface area contributed by atoms with Gasteiger partial charge in [-0.3, -0.25) is 10.1 Å². The highest BCUT2D eigenvalue weighted by Crippen LogP contribution is 2.38. The van der Waals surface area contributed by atoms with Crippen molar-refractivity contribution in [2.45, 2.75) is 25.4 Å². The summed E-state index contributed by atoms with van der Waals surface area (Å²) >= 11 is 6.20. The quantitative estimate of drug-likeness (QED) is 0.289. The molecule has 1 aliphatic heterocycles. The number of aromatic nitrogens is 1. The van der Waals surface area contributed by atoms with Crippen LogP contribution in [-0.2, 0) is 25.0 Å². The van der Waals surface area contributed by atoms with Crippen molar-refractivity contribution >= 4 is 50.1 Å². The van der Waals surface area contributed by atoms with Crippen molar-refractivity contribution in [2.24, 2.45) is 0 Å². The number of sulfonamides is 1. The number of aryl methyl sites for hydroxylation is 1. The zero-order valence-corrected chi connectivity index (χ0v) is 24.4. The molecule has 3 aromatic carbocycles. The van der Waals surface area contributed by atoms with Gasteiger partial charge in [-0.25, -0.2) is 13.2 Å². The predicted octanol–water partition coefficient (Wildman–Crippen LogP) is 5.10. The van der Waals surface area contributed by atoms with E-state index < -0.39 is 33.6 Å². The van der Waals surface area contributed by atoms with Crippen LogP contribution in [0.15, 0.2) is 65.2 Å². The first-order valence-corrected chi connectivity index (χ1v) is 15.0. The highest BCUT2D eigenvalue weighted by molar-refractivity contribution is 7.88. The lowest BCUT2D eigenvalue weighted by Gasteiger charge is -2.45. The van der Waals surface area contributed by atoms with E-state index in [0.717, 1.165) is 21.3 Å². The number of nitrogens with zero attached hydrogens (tertiary/aromatic N) is 2. The van der Waals surface area contributed by atoms with E-state index in [9.17, 15) is 23.1 Å². The Bertz CT molecular complexity index is 1890. The number of benzene rings is 3. The van der Waals surface area contributed by atoms with E-state index >= 15 is 0 Å². The Morgan fingerprint density at radius 3 is 2.50 bits per heavy atom. The number of ether oxygens (including phenoxy) is 1. The number of nitrogens with one attached hydrogen (secondary N) is 1. The lowest BCUT2D eigenvalue weighted by Crippen LogP contribution is -2.64. The van der Waals surface area contributed by atoms with Gasteiger partial charge in [0.15, 0.2) is 0 Å². The fourth-order valence-corrected chi connectivity index (χ4v) is 5.94. The second-order valence-electron chi connectivity index (χ2n) is 10.1. The van der Waals surface area contributed by atoms with E-state index in [0.29, 0.717) is 27.4 Å². The number of hydrogen-bond donors (Lipinski definition) is 2. The number of fused-ring (bicyclic) bond motifs is 1. The van der Waals surface area contributed by atoms with Gasteiger partial charge in [-0.05, 0) is 60.4 Å². The summed E-state index contributed by atoms with van der Waals surface area (Å²) in [6, 6.07) is 17.7. The Labute approximate surface area is 247 Å². The molecule has 0 spiro atoms. The molecule has 1 unspecified atom stereocenters. The average Bonchev–Trinajstić information content (AvgIpc) is 3.24. The smallest absolute Gasteiger partial charge is 0.412 e. The van der Waals surface area contributed by atoms with Crippen LogP contribution in [0.25, 0.3) is 10.8 Å². The first-order valence-electron chi connectivity index (χ1n) is 12.8. The van der Waals surface area contributed by atoms with Crippen molar-refractivity contribution < 1.29 is 32.4 Å². The van der Waals surface area contributed by atoms with Crippen molar-refractivity contribution in [1.82, 2.24) is 9.46 Å². The summed E-state index contributed by atoms with van der Waals surface area (Å²) in [5, 5.41) is 18.5. The molecule has 1 fully saturated rings. The number of aliphatic carboxylic acids is 1. The van der Waals surface area contributed by atoms with Crippen molar-refractivity contribution in [2.75, 3.05) is 24.7 Å². The minimum Gasteiger partial charge on any atom is -0.481 e. The Morgan fingerprint density at radius 2 is 1.81 bits per heavy atom. The lowest BCUT2D eigenvalue weighted by molar-refractivity contribution is -0.148. The first-order chi connectivity index (χ1) is 19.9. The van der Waals surface area contributed by atoms with E-state index in [4.69, 9.17) is 20.9 Å². The van der Waals surface area contributed by atoms with Crippen LogP contribution in [-0.4, -0.2) is 54.4 Å². The van der Waals surface area contributed by atoms with Gasteiger partial charge in [-0.1, -0.05) is 59.1 Å². The number of carbonyl (C=O) groups is 2. The van der Waals surface area contributed by atoms with Gasteiger partial charge in [0, 0.05) is 29.2 Å². The number of rotatable bonds is 6. The van der Waals surface area contributed by atoms with Crippen molar-refractivity contribution in [1.29, 1.82) is 0 Å². The molecule has 0 saturated carbocycles. The minimum atomic E-state index is -3.48. The molecule has 1 aliphatic rings. The van der Waals surface area contributed by atoms with Gasteiger partial charge in [0.1, 0.15) is 22.9 Å². The van der Waals surface area contributed by atoms with Crippen LogP contribution in [0.1, 0.15) is 41.2 Å². The molecule has 0 radical (unpaired) electrons. The monoisotopic (exact) mass is 607 g/mol. The SMILES string of the molecule is Cc1noc(C#Cc2ccc3cc(C4(C(=O)O)CN(S(C)(=O)=O)C4)ccc3c2)c1NC(=O)OC(C)c1ccccc1Cl. The zero-order chi connectivity index (χ0) is 30.2. The fourth-order valence-electron chi connectivity index (χ4n) is 4.74. The number of carboxylic acid groups (broad SMARTS) is 1. The standard InChI is InChI=1S/C30H26ClN3O7S/c1-18-27(32-29(37)40-19(2)24-6-4-5-7-25(24)31)26(41-33-18)13-9-20-8-10-22-15-23(12-11-21(22)14-20)30(28(35)36)16-34(17-30)42(3,38)39/h4-8,10-12,14-15,19H,16-17H2,1-3H3,(H,32,37)(H,35,36). The van der Waals surface area contributed by atoms with E-state index in [2.05, 4.69) is 22.3 Å². The summed E-state index contributed by atoms with van der Waals surface area (Å²) in [6.45, 7) is 3.14. The van der Waals surface area contributed by atoms with E-state index in [1.54, 1.807) is 62.4 Å². The fraction of sp³-hybridized carbons (Fsp3) is 0.233. The van der Waals surface area contributed by atoms with E-state index in [1.807, 2.05) is 12.1 Å². The molecule has 2 heterocycles. The maximum atomic E-state index is 12.6. The summed E-state index contributed by atoms with van der Waals surface area (Å²) in [7, 11) is -3.48. The van der Waals surface area contributed by atoms with Crippen LogP contribution < -0.4 is 5.32 Å². The Hall–Kier alpha value is -4.37. The van der Waals surface area contributed by atoms with Gasteiger partial charge >= 0.3 is 12.1 Å². The normalized spacial score (nSPS) is 15.2. The third kappa shape index (κ3) is 5.69. The molecular weight excluding hydrogens is 582 g/mol. The molecule has 42 heavy (non-hydrogen) atoms. The number of amides is 1. The summed E-state index contributed by atoms with van der Waals surface area (Å²) in [5.41, 5.74) is 1.25. The lowest BCUT2D eigenvalue weighted by atomic mass is 9.74. The van der Waals surface area contributed by atoms with Crippen molar-refractivity contribution in [3.8, 4) is 11.8 Å². The van der Waals surface area contributed by atoms with Gasteiger partial charge in [-0.15, -0.1) is 0 Å². The van der Waals surface area contributed by atoms with Gasteiger partial charge < -0.3 is 14.4 Å². The van der Waals surface area contributed by atoms with Crippen LogP contribution >= 0.6 is 11.6 Å². The van der Waals surface area contributed by atoms with E-state index in [1.165, 1.54) is 0 Å². The second-order valence-corrected chi connectivity index (χ2v) is 12.5. The molecule has 0 bridgehead atoms. The third-order valence-electron chi connectivity index (χ3n) is 7.20. The maximum Gasteiger partial charge on any atom is 0.412 e. The summed E-state index contributed by atoms with van der Waals surface area (Å²) in [6.07, 6.45) is -0.252. The highest BCUT2D eigenvalue weighted by atomic mass is 35.5. The van der Waals surface area contributed by atoms with Crippen LogP contribution in [0.5, 0.6) is 0 Å². The maximum absolute atomic E-state index is 12.6. The molecule has 10 nitrogen and oxygen atoms in total. The van der Waals surface area contributed by atoms with Gasteiger partial charge in [0.05, 0.1) is 6.26 Å². The molecule has 2 N–H and O–H groups in total. The third-order valence-corrected chi connectivity index (χ3v) is 8.74. The molecule has 1 aromatic heterocycles. The number of carboxylic acids is 1. The summed E-state index contributed by atoms with van der Waals surface area (Å²) < 4.78 is 35.6. The molecule has 0 aliphatic carbocycles. The minimum absolute atomic E-state index is 0.115. The Balaban J connectivity index is 1.33. The highest BCUT2D eigenvalue weighted by Gasteiger charge is 2.54. The zero-order valence-electron chi connectivity index (χ0n) is 22.8. The number of halogens is 1. The van der Waals surface area contributed by atoms with Crippen LogP contribution in [0.2, 0.25) is 5.02 Å². The van der Waals surface area contributed by atoms with Gasteiger partial charge in [0.25, 0.3) is 0 Å². The number of carbonyl (C=O) groups excluding carboxylic acids is 1. The molecule has 4 aromatic rings. The molecule has 1 atom stereocenters. The first kappa shape index (κ1) is 29.1. The predicted molar refractivity (Wildman–Crippen MR) is 157 cm³/mol. The molecule has 5 rings (SSSR count). The topological polar surface area (TPSA) is 139 Å². The van der Waals surface area contributed by atoms with Crippen molar-refractivity contribution in [3.05, 3.63) is 93.8 Å². The van der Waals surface area contributed by atoms with E-state index in [-0.39, 0.29) is 24.5 Å². The summed E-state index contributed by atoms with van der Waals surface area (Å²) in [5.74, 6) is 4.97. The summed E-state index contributed by atoms with van der Waals surface area (Å²) in [4.78, 5) is 24.7. The largest absolute Gasteiger partial charge is 0.481 e. The molecule has 216 valence electrons.